The quantitative estimate of drug-likeness (QED) is 0.851. The number of ether oxygens (including phenoxy) is 2. The minimum Gasteiger partial charge on any atom is -0.497 e. The highest BCUT2D eigenvalue weighted by Gasteiger charge is 2.18. The predicted molar refractivity (Wildman–Crippen MR) is 90.7 cm³/mol. The van der Waals surface area contributed by atoms with Crippen molar-refractivity contribution < 1.29 is 14.3 Å². The minimum atomic E-state index is -0.491. The first-order valence-electron chi connectivity index (χ1n) is 7.76. The summed E-state index contributed by atoms with van der Waals surface area (Å²) in [6.45, 7) is 4.40. The first kappa shape index (κ1) is 16.9. The van der Waals surface area contributed by atoms with Gasteiger partial charge in [-0.3, -0.25) is 4.79 Å². The van der Waals surface area contributed by atoms with E-state index >= 15 is 0 Å². The molecule has 122 valence electrons. The molecule has 0 saturated heterocycles. The molecule has 0 heterocycles. The van der Waals surface area contributed by atoms with Crippen LogP contribution < -0.4 is 14.8 Å². The largest absolute Gasteiger partial charge is 0.497 e. The lowest BCUT2D eigenvalue weighted by Gasteiger charge is -2.17. The Bertz CT molecular complexity index is 637. The second kappa shape index (κ2) is 8.22. The fourth-order valence-electron chi connectivity index (χ4n) is 2.22. The van der Waals surface area contributed by atoms with E-state index in [2.05, 4.69) is 5.32 Å². The van der Waals surface area contributed by atoms with Gasteiger partial charge in [0.2, 0.25) is 0 Å². The lowest BCUT2D eigenvalue weighted by Crippen LogP contribution is -2.37. The molecule has 23 heavy (non-hydrogen) atoms. The summed E-state index contributed by atoms with van der Waals surface area (Å²) in [7, 11) is 1.63. The number of aryl methyl sites for hydroxylation is 1. The molecular formula is C19H23NO3. The van der Waals surface area contributed by atoms with Gasteiger partial charge in [0.15, 0.2) is 6.10 Å². The van der Waals surface area contributed by atoms with Gasteiger partial charge >= 0.3 is 0 Å². The van der Waals surface area contributed by atoms with Crippen molar-refractivity contribution in [2.24, 2.45) is 0 Å². The Morgan fingerprint density at radius 1 is 1.13 bits per heavy atom. The van der Waals surface area contributed by atoms with Crippen LogP contribution in [-0.2, 0) is 11.3 Å². The Hall–Kier alpha value is -2.49. The standard InChI is InChI=1S/C19H23NO3/c1-4-18(23-17-7-5-6-14(2)12-17)19(21)20-13-15-8-10-16(22-3)11-9-15/h5-12,18H,4,13H2,1-3H3,(H,20,21)/t18-/m1/s1. The molecule has 0 unspecified atom stereocenters. The molecule has 0 aliphatic heterocycles. The Morgan fingerprint density at radius 2 is 1.87 bits per heavy atom. The third-order valence-electron chi connectivity index (χ3n) is 3.56. The smallest absolute Gasteiger partial charge is 0.261 e. The van der Waals surface area contributed by atoms with E-state index in [9.17, 15) is 4.79 Å². The van der Waals surface area contributed by atoms with E-state index in [1.165, 1.54) is 0 Å². The summed E-state index contributed by atoms with van der Waals surface area (Å²) in [6.07, 6.45) is 0.123. The lowest BCUT2D eigenvalue weighted by atomic mass is 10.2. The van der Waals surface area contributed by atoms with Crippen LogP contribution in [0.1, 0.15) is 24.5 Å². The predicted octanol–water partition coefficient (Wildman–Crippen LogP) is 3.48. The highest BCUT2D eigenvalue weighted by atomic mass is 16.5. The third kappa shape index (κ3) is 5.02. The molecule has 0 spiro atoms. The monoisotopic (exact) mass is 313 g/mol. The Balaban J connectivity index is 1.91. The molecule has 1 atom stereocenters. The van der Waals surface area contributed by atoms with Crippen LogP contribution in [0.2, 0.25) is 0 Å². The first-order chi connectivity index (χ1) is 11.1. The molecule has 0 aliphatic rings. The van der Waals surface area contributed by atoms with Crippen molar-refractivity contribution in [3.8, 4) is 11.5 Å². The molecule has 0 saturated carbocycles. The Morgan fingerprint density at radius 3 is 2.48 bits per heavy atom. The summed E-state index contributed by atoms with van der Waals surface area (Å²) in [5.41, 5.74) is 2.13. The van der Waals surface area contributed by atoms with Crippen molar-refractivity contribution in [1.29, 1.82) is 0 Å². The molecule has 0 aromatic heterocycles. The summed E-state index contributed by atoms with van der Waals surface area (Å²) in [4.78, 5) is 12.3. The van der Waals surface area contributed by atoms with E-state index < -0.39 is 6.10 Å². The van der Waals surface area contributed by atoms with Crippen LogP contribution in [0.5, 0.6) is 11.5 Å². The molecule has 4 nitrogen and oxygen atoms in total. The Kier molecular flexibility index (Phi) is 6.03. The molecule has 0 fully saturated rings. The number of methoxy groups -OCH3 is 1. The van der Waals surface area contributed by atoms with Crippen molar-refractivity contribution in [3.63, 3.8) is 0 Å². The van der Waals surface area contributed by atoms with Crippen LogP contribution in [0.25, 0.3) is 0 Å². The number of carbonyl (C=O) groups excluding carboxylic acids is 1. The van der Waals surface area contributed by atoms with Gasteiger partial charge in [-0.15, -0.1) is 0 Å². The third-order valence-corrected chi connectivity index (χ3v) is 3.56. The first-order valence-corrected chi connectivity index (χ1v) is 7.76. The van der Waals surface area contributed by atoms with Crippen LogP contribution in [-0.4, -0.2) is 19.1 Å². The zero-order valence-electron chi connectivity index (χ0n) is 13.8. The van der Waals surface area contributed by atoms with E-state index in [0.29, 0.717) is 13.0 Å². The van der Waals surface area contributed by atoms with Gasteiger partial charge < -0.3 is 14.8 Å². The lowest BCUT2D eigenvalue weighted by molar-refractivity contribution is -0.128. The summed E-state index contributed by atoms with van der Waals surface area (Å²) >= 11 is 0. The maximum absolute atomic E-state index is 12.3. The average molecular weight is 313 g/mol. The zero-order valence-corrected chi connectivity index (χ0v) is 13.8. The highest BCUT2D eigenvalue weighted by molar-refractivity contribution is 5.81. The molecule has 0 bridgehead atoms. The fraction of sp³-hybridized carbons (Fsp3) is 0.316. The van der Waals surface area contributed by atoms with Crippen molar-refractivity contribution in [3.05, 3.63) is 59.7 Å². The van der Waals surface area contributed by atoms with Crippen molar-refractivity contribution >= 4 is 5.91 Å². The number of carbonyl (C=O) groups is 1. The molecule has 2 rings (SSSR count). The molecule has 1 N–H and O–H groups in total. The Labute approximate surface area is 137 Å². The molecule has 2 aromatic carbocycles. The molecule has 2 aromatic rings. The summed E-state index contributed by atoms with van der Waals surface area (Å²) < 4.78 is 10.9. The number of nitrogens with one attached hydrogen (secondary N) is 1. The van der Waals surface area contributed by atoms with Gasteiger partial charge in [0, 0.05) is 6.54 Å². The van der Waals surface area contributed by atoms with Gasteiger partial charge in [0.25, 0.3) is 5.91 Å². The highest BCUT2D eigenvalue weighted by Crippen LogP contribution is 2.16. The van der Waals surface area contributed by atoms with E-state index in [0.717, 1.165) is 22.6 Å². The zero-order chi connectivity index (χ0) is 16.7. The number of hydrogen-bond donors (Lipinski definition) is 1. The van der Waals surface area contributed by atoms with Gasteiger partial charge in [-0.1, -0.05) is 31.2 Å². The van der Waals surface area contributed by atoms with Crippen molar-refractivity contribution in [2.45, 2.75) is 32.9 Å². The minimum absolute atomic E-state index is 0.107. The van der Waals surface area contributed by atoms with Crippen LogP contribution in [0.4, 0.5) is 0 Å². The summed E-state index contributed by atoms with van der Waals surface area (Å²) in [6, 6.07) is 15.3. The maximum Gasteiger partial charge on any atom is 0.261 e. The number of benzene rings is 2. The summed E-state index contributed by atoms with van der Waals surface area (Å²) in [5, 5.41) is 2.92. The van der Waals surface area contributed by atoms with Crippen LogP contribution in [0, 0.1) is 6.92 Å². The van der Waals surface area contributed by atoms with E-state index in [4.69, 9.17) is 9.47 Å². The van der Waals surface area contributed by atoms with E-state index in [-0.39, 0.29) is 5.91 Å². The van der Waals surface area contributed by atoms with Crippen molar-refractivity contribution in [2.75, 3.05) is 7.11 Å². The SMILES string of the molecule is CC[C@@H](Oc1cccc(C)c1)C(=O)NCc1ccc(OC)cc1. The number of amides is 1. The normalized spacial score (nSPS) is 11.6. The van der Waals surface area contributed by atoms with Gasteiger partial charge in [-0.05, 0) is 48.7 Å². The fourth-order valence-corrected chi connectivity index (χ4v) is 2.22. The van der Waals surface area contributed by atoms with Crippen LogP contribution in [0.3, 0.4) is 0 Å². The van der Waals surface area contributed by atoms with Crippen LogP contribution >= 0.6 is 0 Å². The molecule has 0 aliphatic carbocycles. The second-order valence-electron chi connectivity index (χ2n) is 5.40. The van der Waals surface area contributed by atoms with Gasteiger partial charge in [-0.25, -0.2) is 0 Å². The van der Waals surface area contributed by atoms with Gasteiger partial charge in [0.1, 0.15) is 11.5 Å². The van der Waals surface area contributed by atoms with Crippen molar-refractivity contribution in [1.82, 2.24) is 5.32 Å². The van der Waals surface area contributed by atoms with E-state index in [1.807, 2.05) is 62.4 Å². The maximum atomic E-state index is 12.3. The molecule has 0 radical (unpaired) electrons. The molecule has 1 amide bonds. The topological polar surface area (TPSA) is 47.6 Å². The second-order valence-corrected chi connectivity index (χ2v) is 5.40. The number of hydrogen-bond acceptors (Lipinski definition) is 3. The van der Waals surface area contributed by atoms with Crippen LogP contribution in [0.15, 0.2) is 48.5 Å². The van der Waals surface area contributed by atoms with Gasteiger partial charge in [0.05, 0.1) is 7.11 Å². The molecule has 4 heteroatoms. The van der Waals surface area contributed by atoms with E-state index in [1.54, 1.807) is 7.11 Å². The van der Waals surface area contributed by atoms with Gasteiger partial charge in [-0.2, -0.15) is 0 Å². The average Bonchev–Trinajstić information content (AvgIpc) is 2.58. The number of rotatable bonds is 7. The molecular weight excluding hydrogens is 290 g/mol. The summed E-state index contributed by atoms with van der Waals surface area (Å²) in [5.74, 6) is 1.41.